The van der Waals surface area contributed by atoms with Gasteiger partial charge in [-0.15, -0.1) is 11.3 Å². The Balaban J connectivity index is 1.40. The smallest absolute Gasteiger partial charge is 0.0960 e. The zero-order valence-corrected chi connectivity index (χ0v) is 12.4. The van der Waals surface area contributed by atoms with E-state index in [1.807, 2.05) is 12.4 Å². The fraction of sp³-hybridized carbons (Fsp3) is 0.250. The third kappa shape index (κ3) is 2.83. The van der Waals surface area contributed by atoms with Crippen LogP contribution in [0.25, 0.3) is 11.1 Å². The monoisotopic (exact) mass is 296 g/mol. The molecule has 0 aliphatic heterocycles. The maximum atomic E-state index is 4.69. The van der Waals surface area contributed by atoms with Crippen LogP contribution in [0.2, 0.25) is 0 Å². The van der Waals surface area contributed by atoms with E-state index in [0.29, 0.717) is 0 Å². The first kappa shape index (κ1) is 12.6. The van der Waals surface area contributed by atoms with E-state index in [1.165, 1.54) is 23.4 Å². The predicted molar refractivity (Wildman–Crippen MR) is 85.4 cm³/mol. The molecular formula is C16H16N4S. The van der Waals surface area contributed by atoms with Crippen molar-refractivity contribution in [1.29, 1.82) is 0 Å². The molecule has 0 atom stereocenters. The van der Waals surface area contributed by atoms with Crippen LogP contribution in [-0.2, 0) is 6.54 Å². The van der Waals surface area contributed by atoms with Crippen molar-refractivity contribution in [3.8, 4) is 11.1 Å². The van der Waals surface area contributed by atoms with E-state index >= 15 is 0 Å². The van der Waals surface area contributed by atoms with E-state index in [2.05, 4.69) is 50.1 Å². The summed E-state index contributed by atoms with van der Waals surface area (Å²) in [7, 11) is 0. The fourth-order valence-corrected chi connectivity index (χ4v) is 3.29. The second-order valence-electron chi connectivity index (χ2n) is 5.37. The molecule has 4 nitrogen and oxygen atoms in total. The van der Waals surface area contributed by atoms with E-state index in [1.54, 1.807) is 11.3 Å². The Morgan fingerprint density at radius 1 is 1.19 bits per heavy atom. The highest BCUT2D eigenvalue weighted by Crippen LogP contribution is 2.41. The average Bonchev–Trinajstić information content (AvgIpc) is 3.04. The van der Waals surface area contributed by atoms with E-state index in [4.69, 9.17) is 0 Å². The van der Waals surface area contributed by atoms with Crippen molar-refractivity contribution >= 4 is 17.0 Å². The Morgan fingerprint density at radius 2 is 2.05 bits per heavy atom. The lowest BCUT2D eigenvalue weighted by Gasteiger charge is -2.05. The van der Waals surface area contributed by atoms with Gasteiger partial charge >= 0.3 is 0 Å². The molecule has 21 heavy (non-hydrogen) atoms. The van der Waals surface area contributed by atoms with Crippen molar-refractivity contribution in [3.63, 3.8) is 0 Å². The number of anilines is 1. The minimum Gasteiger partial charge on any atom is -0.379 e. The third-order valence-corrected chi connectivity index (χ3v) is 4.74. The van der Waals surface area contributed by atoms with Gasteiger partial charge in [0.25, 0.3) is 0 Å². The van der Waals surface area contributed by atoms with Crippen molar-refractivity contribution in [2.24, 2.45) is 0 Å². The molecule has 0 amide bonds. The zero-order valence-electron chi connectivity index (χ0n) is 11.5. The van der Waals surface area contributed by atoms with Crippen LogP contribution in [-0.4, -0.2) is 15.2 Å². The van der Waals surface area contributed by atoms with Crippen LogP contribution in [0.15, 0.2) is 42.0 Å². The molecule has 0 unspecified atom stereocenters. The highest BCUT2D eigenvalue weighted by molar-refractivity contribution is 7.09. The molecule has 0 radical (unpaired) electrons. The van der Waals surface area contributed by atoms with Gasteiger partial charge < -0.3 is 5.32 Å². The number of thiazole rings is 1. The Bertz CT molecular complexity index is 711. The Kier molecular flexibility index (Phi) is 3.20. The lowest BCUT2D eigenvalue weighted by Crippen LogP contribution is -1.99. The van der Waals surface area contributed by atoms with E-state index in [9.17, 15) is 0 Å². The topological polar surface area (TPSA) is 53.6 Å². The molecule has 2 heterocycles. The molecular weight excluding hydrogens is 280 g/mol. The molecule has 0 bridgehead atoms. The molecule has 2 aromatic heterocycles. The van der Waals surface area contributed by atoms with E-state index in [-0.39, 0.29) is 0 Å². The molecule has 1 aliphatic carbocycles. The summed E-state index contributed by atoms with van der Waals surface area (Å²) in [6.07, 6.45) is 6.36. The number of benzene rings is 1. The van der Waals surface area contributed by atoms with Crippen LogP contribution in [0.1, 0.15) is 29.5 Å². The van der Waals surface area contributed by atoms with Gasteiger partial charge in [-0.2, -0.15) is 5.10 Å². The van der Waals surface area contributed by atoms with Gasteiger partial charge in [0.1, 0.15) is 0 Å². The van der Waals surface area contributed by atoms with Crippen molar-refractivity contribution in [2.45, 2.75) is 25.3 Å². The molecule has 3 aromatic rings. The highest BCUT2D eigenvalue weighted by atomic mass is 32.1. The summed E-state index contributed by atoms with van der Waals surface area (Å²) in [5.41, 5.74) is 4.53. The van der Waals surface area contributed by atoms with Gasteiger partial charge in [-0.25, -0.2) is 4.98 Å². The summed E-state index contributed by atoms with van der Waals surface area (Å²) < 4.78 is 0. The first-order valence-corrected chi connectivity index (χ1v) is 8.04. The van der Waals surface area contributed by atoms with Gasteiger partial charge in [-0.05, 0) is 30.5 Å². The molecule has 106 valence electrons. The maximum absolute atomic E-state index is 4.69. The van der Waals surface area contributed by atoms with Gasteiger partial charge in [-0.1, -0.05) is 12.1 Å². The van der Waals surface area contributed by atoms with Gasteiger partial charge in [0.05, 0.1) is 23.4 Å². The minimum absolute atomic E-state index is 0.748. The highest BCUT2D eigenvalue weighted by Gasteiger charge is 2.26. The van der Waals surface area contributed by atoms with Crippen LogP contribution in [0.5, 0.6) is 0 Å². The molecule has 1 saturated carbocycles. The Hall–Kier alpha value is -2.14. The van der Waals surface area contributed by atoms with Crippen LogP contribution in [0.4, 0.5) is 5.69 Å². The lowest BCUT2D eigenvalue weighted by atomic mass is 10.1. The normalized spacial score (nSPS) is 14.3. The second kappa shape index (κ2) is 5.33. The summed E-state index contributed by atoms with van der Waals surface area (Å²) >= 11 is 1.79. The van der Waals surface area contributed by atoms with Crippen molar-refractivity contribution in [3.05, 3.63) is 52.7 Å². The summed E-state index contributed by atoms with van der Waals surface area (Å²) in [5.74, 6) is 0.748. The maximum Gasteiger partial charge on any atom is 0.0960 e. The number of nitrogens with one attached hydrogen (secondary N) is 2. The SMILES string of the molecule is c1cc(-c2cn[nH]c2)ccc1NCc1csc(C2CC2)n1. The van der Waals surface area contributed by atoms with E-state index in [0.717, 1.165) is 29.4 Å². The standard InChI is InChI=1S/C16H16N4S/c1-2-12(1)16-20-15(10-21-16)9-17-14-5-3-11(4-6-14)13-7-18-19-8-13/h3-8,10,12,17H,1-2,9H2,(H,18,19). The molecule has 0 saturated heterocycles. The first-order chi connectivity index (χ1) is 10.4. The summed E-state index contributed by atoms with van der Waals surface area (Å²) in [6.45, 7) is 0.786. The molecule has 2 N–H and O–H groups in total. The first-order valence-electron chi connectivity index (χ1n) is 7.16. The summed E-state index contributed by atoms with van der Waals surface area (Å²) in [4.78, 5) is 4.69. The van der Waals surface area contributed by atoms with Crippen LogP contribution in [0, 0.1) is 0 Å². The van der Waals surface area contributed by atoms with Gasteiger partial charge in [0.2, 0.25) is 0 Å². The predicted octanol–water partition coefficient (Wildman–Crippen LogP) is 4.02. The van der Waals surface area contributed by atoms with Crippen LogP contribution < -0.4 is 5.32 Å². The zero-order chi connectivity index (χ0) is 14.1. The number of aromatic amines is 1. The van der Waals surface area contributed by atoms with E-state index < -0.39 is 0 Å². The van der Waals surface area contributed by atoms with Crippen molar-refractivity contribution in [1.82, 2.24) is 15.2 Å². The van der Waals surface area contributed by atoms with Gasteiger partial charge in [-0.3, -0.25) is 5.10 Å². The Morgan fingerprint density at radius 3 is 2.76 bits per heavy atom. The summed E-state index contributed by atoms with van der Waals surface area (Å²) in [5, 5.41) is 13.7. The molecule has 1 aromatic carbocycles. The Labute approximate surface area is 127 Å². The summed E-state index contributed by atoms with van der Waals surface area (Å²) in [6, 6.07) is 8.39. The number of H-pyrrole nitrogens is 1. The van der Waals surface area contributed by atoms with Crippen LogP contribution >= 0.6 is 11.3 Å². The number of nitrogens with zero attached hydrogens (tertiary/aromatic N) is 2. The van der Waals surface area contributed by atoms with Crippen LogP contribution in [0.3, 0.4) is 0 Å². The quantitative estimate of drug-likeness (QED) is 0.747. The van der Waals surface area contributed by atoms with Gasteiger partial charge in [0, 0.05) is 28.7 Å². The average molecular weight is 296 g/mol. The lowest BCUT2D eigenvalue weighted by molar-refractivity contribution is 1.00. The molecule has 4 rings (SSSR count). The number of rotatable bonds is 5. The number of hydrogen-bond acceptors (Lipinski definition) is 4. The van der Waals surface area contributed by atoms with Crippen molar-refractivity contribution in [2.75, 3.05) is 5.32 Å². The number of aromatic nitrogens is 3. The van der Waals surface area contributed by atoms with Gasteiger partial charge in [0.15, 0.2) is 0 Å². The molecule has 1 aliphatic rings. The minimum atomic E-state index is 0.748. The number of hydrogen-bond donors (Lipinski definition) is 2. The molecule has 5 heteroatoms. The fourth-order valence-electron chi connectivity index (χ4n) is 2.30. The third-order valence-electron chi connectivity index (χ3n) is 3.69. The second-order valence-corrected chi connectivity index (χ2v) is 6.26. The largest absolute Gasteiger partial charge is 0.379 e. The molecule has 1 fully saturated rings. The van der Waals surface area contributed by atoms with Crippen molar-refractivity contribution < 1.29 is 0 Å². The molecule has 0 spiro atoms.